The average molecular weight is 690 g/mol. The van der Waals surface area contributed by atoms with Crippen LogP contribution in [0.4, 0.5) is 17.6 Å². The number of hydrogen-bond donors (Lipinski definition) is 0. The van der Waals surface area contributed by atoms with E-state index in [1.165, 1.54) is 47.9 Å². The topological polar surface area (TPSA) is 58.4 Å². The van der Waals surface area contributed by atoms with Crippen LogP contribution in [0.5, 0.6) is 0 Å². The molecule has 0 fully saturated rings. The van der Waals surface area contributed by atoms with Crippen LogP contribution >= 0.6 is 11.8 Å². The number of carbonyl (C=O) groups excluding carboxylic acids is 1. The molecule has 48 heavy (non-hydrogen) atoms. The molecule has 254 valence electrons. The molecule has 1 atom stereocenters. The molecule has 0 bridgehead atoms. The number of fused-ring (bicyclic) bond motifs is 1. The fourth-order valence-electron chi connectivity index (χ4n) is 5.32. The van der Waals surface area contributed by atoms with Gasteiger partial charge in [0, 0.05) is 32.7 Å². The van der Waals surface area contributed by atoms with Crippen LogP contribution in [0.25, 0.3) is 11.1 Å². The third-order valence-corrected chi connectivity index (χ3v) is 9.01. The molecular weight excluding hydrogens is 640 g/mol. The van der Waals surface area contributed by atoms with Crippen molar-refractivity contribution in [2.24, 2.45) is 0 Å². The Balaban J connectivity index is 1.60. The third kappa shape index (κ3) is 8.36. The van der Waals surface area contributed by atoms with Crippen LogP contribution in [-0.4, -0.2) is 51.3 Å². The Bertz CT molecular complexity index is 2190. The van der Waals surface area contributed by atoms with Gasteiger partial charge in [-0.1, -0.05) is 74.1 Å². The molecule has 6 nitrogen and oxygen atoms in total. The lowest BCUT2D eigenvalue weighted by Gasteiger charge is -2.33. The van der Waals surface area contributed by atoms with Crippen molar-refractivity contribution in [3.05, 3.63) is 117 Å². The van der Waals surface area contributed by atoms with Gasteiger partial charge in [0.15, 0.2) is 5.16 Å². The smallest absolute Gasteiger partial charge is 0.333 e. The number of thioether (sulfide) groups is 1. The van der Waals surface area contributed by atoms with Gasteiger partial charge in [-0.05, 0) is 85.7 Å². The maximum Gasteiger partial charge on any atom is 0.416 e. The lowest BCUT2D eigenvalue weighted by atomic mass is 9.99. The highest BCUT2D eigenvalue weighted by molar-refractivity contribution is 7.98. The quantitative estimate of drug-likeness (QED) is 0.0816. The number of amides is 1. The summed E-state index contributed by atoms with van der Waals surface area (Å²) in [6.07, 6.45) is -3.39. The molecule has 1 unspecified atom stereocenters. The van der Waals surface area contributed by atoms with Crippen molar-refractivity contribution in [1.82, 2.24) is 19.4 Å². The minimum absolute atomic E-state index is 0.0406. The zero-order valence-electron chi connectivity index (χ0n) is 35.6. The van der Waals surface area contributed by atoms with Crippen molar-refractivity contribution in [2.75, 3.05) is 26.1 Å². The Morgan fingerprint density at radius 3 is 2.25 bits per heavy atom. The maximum atomic E-state index is 14.8. The molecule has 11 heteroatoms. The second-order valence-electron chi connectivity index (χ2n) is 11.0. The molecule has 1 heterocycles. The number of halogens is 4. The fraction of sp³-hybridized carbons (Fsp3) is 0.378. The van der Waals surface area contributed by atoms with Gasteiger partial charge in [0.2, 0.25) is 5.91 Å². The Kier molecular flexibility index (Phi) is 8.10. The summed E-state index contributed by atoms with van der Waals surface area (Å²) < 4.78 is 133. The van der Waals surface area contributed by atoms with E-state index in [0.717, 1.165) is 28.8 Å². The monoisotopic (exact) mass is 689 g/mol. The summed E-state index contributed by atoms with van der Waals surface area (Å²) in [7, 11) is 0. The molecule has 0 saturated carbocycles. The van der Waals surface area contributed by atoms with Crippen LogP contribution in [0.15, 0.2) is 82.7 Å². The highest BCUT2D eigenvalue weighted by Gasteiger charge is 2.30. The fourth-order valence-corrected chi connectivity index (χ4v) is 6.21. The van der Waals surface area contributed by atoms with Gasteiger partial charge in [-0.3, -0.25) is 9.59 Å². The first-order valence-electron chi connectivity index (χ1n) is 19.9. The number of hydrogen-bond acceptors (Lipinski definition) is 5. The van der Waals surface area contributed by atoms with E-state index in [9.17, 15) is 31.3 Å². The minimum Gasteiger partial charge on any atom is -0.333 e. The number of likely N-dealkylation sites (N-methyl/N-ethyl adjacent to an activating group) is 1. The van der Waals surface area contributed by atoms with E-state index in [4.69, 9.17) is 8.22 Å². The van der Waals surface area contributed by atoms with E-state index in [2.05, 4.69) is 4.98 Å². The van der Waals surface area contributed by atoms with Gasteiger partial charge in [0.05, 0.1) is 21.2 Å². The van der Waals surface area contributed by atoms with Gasteiger partial charge in [-0.2, -0.15) is 18.2 Å². The van der Waals surface area contributed by atoms with E-state index in [1.807, 2.05) is 0 Å². The van der Waals surface area contributed by atoms with E-state index in [-0.39, 0.29) is 35.1 Å². The van der Waals surface area contributed by atoms with Crippen LogP contribution < -0.4 is 5.56 Å². The molecule has 4 aromatic rings. The first-order valence-corrected chi connectivity index (χ1v) is 16.4. The molecule has 0 N–H and O–H groups in total. The van der Waals surface area contributed by atoms with E-state index in [0.29, 0.717) is 46.5 Å². The maximum absolute atomic E-state index is 14.8. The molecule has 0 aliphatic heterocycles. The van der Waals surface area contributed by atoms with Crippen LogP contribution in [0.2, 0.25) is 0 Å². The van der Waals surface area contributed by atoms with Gasteiger partial charge in [0.1, 0.15) is 12.4 Å². The van der Waals surface area contributed by atoms with Crippen molar-refractivity contribution < 1.29 is 34.7 Å². The second-order valence-corrected chi connectivity index (χ2v) is 12.0. The van der Waals surface area contributed by atoms with E-state index in [1.54, 1.807) is 13.8 Å². The van der Waals surface area contributed by atoms with Crippen molar-refractivity contribution in [1.29, 1.82) is 0 Å². The normalized spacial score (nSPS) is 17.5. The van der Waals surface area contributed by atoms with Crippen LogP contribution in [-0.2, 0) is 36.1 Å². The first-order chi connectivity index (χ1) is 26.5. The number of benzene rings is 3. The van der Waals surface area contributed by atoms with Crippen molar-refractivity contribution in [3.63, 3.8) is 0 Å². The van der Waals surface area contributed by atoms with Crippen molar-refractivity contribution in [2.45, 2.75) is 69.7 Å². The van der Waals surface area contributed by atoms with Gasteiger partial charge in [-0.25, -0.2) is 4.39 Å². The summed E-state index contributed by atoms with van der Waals surface area (Å²) in [4.78, 5) is 33.8. The summed E-state index contributed by atoms with van der Waals surface area (Å²) in [5.41, 5.74) is -0.00918. The predicted octanol–water partition coefficient (Wildman–Crippen LogP) is 7.78. The third-order valence-electron chi connectivity index (χ3n) is 8.00. The Labute approximate surface area is 295 Å². The average Bonchev–Trinajstić information content (AvgIpc) is 3.65. The van der Waals surface area contributed by atoms with Crippen molar-refractivity contribution >= 4 is 17.7 Å². The highest BCUT2D eigenvalue weighted by atomic mass is 32.2. The van der Waals surface area contributed by atoms with Crippen molar-refractivity contribution in [3.8, 4) is 11.1 Å². The van der Waals surface area contributed by atoms with Crippen LogP contribution in [0.1, 0.15) is 73.5 Å². The number of carbonyl (C=O) groups is 1. The summed E-state index contributed by atoms with van der Waals surface area (Å²) in [5.74, 6) is -2.73. The summed E-state index contributed by atoms with van der Waals surface area (Å²) in [5, 5.41) is -0.102. The largest absolute Gasteiger partial charge is 0.416 e. The standard InChI is InChI=1S/C37H40F4N4O2S/c1-4-43(5-2)21-22-44(25(3)27-11-13-28(14-12-27)29-15-17-30(18-16-29)37(39,40)41)34(46)23-45-33-8-6-7-32(33)35(47)42-36(45)48-24-26-9-19-31(38)20-10-26/h9-20,25H,4-8,21-24H2,1-3H3/i9D,10D,19D,20D,21D2,22D2,25D. The number of nitrogens with zero attached hydrogens (tertiary/aromatic N) is 4. The Hall–Kier alpha value is -3.96. The SMILES string of the molecule is [2H]c1c([2H])c(CSc2nc(=O)c3c(n2CC(=O)N(C([2H])(C)c2ccc(-c4ccc(C(F)(F)F)cc4)cc2)C([2H])([2H])C([2H])([2H])N(CC)CC)CCC3)c([2H])c([2H])c1F. The molecule has 1 aliphatic rings. The number of rotatable bonds is 13. The van der Waals surface area contributed by atoms with E-state index >= 15 is 0 Å². The summed E-state index contributed by atoms with van der Waals surface area (Å²) in [6.45, 7) is -2.28. The lowest BCUT2D eigenvalue weighted by Crippen LogP contribution is -2.42. The van der Waals surface area contributed by atoms with Gasteiger partial charge in [0.25, 0.3) is 5.56 Å². The van der Waals surface area contributed by atoms with Gasteiger partial charge >= 0.3 is 6.18 Å². The minimum atomic E-state index is -4.54. The zero-order valence-corrected chi connectivity index (χ0v) is 27.4. The van der Waals surface area contributed by atoms with Gasteiger partial charge in [-0.15, -0.1) is 0 Å². The molecule has 1 aliphatic carbocycles. The molecule has 0 saturated heterocycles. The molecular formula is C37H40F4N4O2S. The number of aromatic nitrogens is 2. The zero-order chi connectivity index (χ0) is 42.4. The predicted molar refractivity (Wildman–Crippen MR) is 181 cm³/mol. The second kappa shape index (κ2) is 15.5. The summed E-state index contributed by atoms with van der Waals surface area (Å²) in [6, 6.07) is 4.83. The Morgan fingerprint density at radius 1 is 1.02 bits per heavy atom. The van der Waals surface area contributed by atoms with Crippen LogP contribution in [0, 0.1) is 5.82 Å². The molecule has 0 spiro atoms. The molecule has 1 amide bonds. The lowest BCUT2D eigenvalue weighted by molar-refractivity contribution is -0.137. The number of alkyl halides is 3. The highest BCUT2D eigenvalue weighted by Crippen LogP contribution is 2.32. The van der Waals surface area contributed by atoms with E-state index < -0.39 is 78.7 Å². The first kappa shape index (κ1) is 25.1. The summed E-state index contributed by atoms with van der Waals surface area (Å²) >= 11 is 0.783. The van der Waals surface area contributed by atoms with Gasteiger partial charge < -0.3 is 14.4 Å². The van der Waals surface area contributed by atoms with Crippen LogP contribution in [0.3, 0.4) is 0 Å². The Morgan fingerprint density at radius 2 is 1.65 bits per heavy atom. The molecule has 3 aromatic carbocycles. The molecule has 0 radical (unpaired) electrons. The molecule has 5 rings (SSSR count). The molecule has 1 aromatic heterocycles.